The van der Waals surface area contributed by atoms with Gasteiger partial charge in [-0.1, -0.05) is 66.2 Å². The summed E-state index contributed by atoms with van der Waals surface area (Å²) in [7, 11) is -1.71. The van der Waals surface area contributed by atoms with Crippen LogP contribution in [0.2, 0.25) is 16.6 Å². The van der Waals surface area contributed by atoms with Crippen molar-refractivity contribution in [3.05, 3.63) is 34.9 Å². The van der Waals surface area contributed by atoms with Crippen molar-refractivity contribution in [3.63, 3.8) is 0 Å². The van der Waals surface area contributed by atoms with Gasteiger partial charge in [0.1, 0.15) is 13.7 Å². The lowest BCUT2D eigenvalue weighted by Gasteiger charge is -2.38. The van der Waals surface area contributed by atoms with Crippen molar-refractivity contribution < 1.29 is 5.11 Å². The van der Waals surface area contributed by atoms with Crippen LogP contribution in [0, 0.1) is 23.3 Å². The minimum Gasteiger partial charge on any atom is -0.378 e. The van der Waals surface area contributed by atoms with Crippen molar-refractivity contribution in [1.29, 1.82) is 0 Å². The molecule has 0 aliphatic rings. The van der Waals surface area contributed by atoms with Gasteiger partial charge in [-0.05, 0) is 60.7 Å². The normalized spacial score (nSPS) is 12.0. The van der Waals surface area contributed by atoms with E-state index in [-0.39, 0.29) is 0 Å². The van der Waals surface area contributed by atoms with E-state index >= 15 is 0 Å². The lowest BCUT2D eigenvalue weighted by Crippen LogP contribution is -2.43. The van der Waals surface area contributed by atoms with E-state index < -0.39 is 13.7 Å². The first kappa shape index (κ1) is 22.6. The molecule has 26 heavy (non-hydrogen) atoms. The standard InChI is InChI=1S/C24H36OSi/c1-10-22-17-21(11-12-23(22)13-15-24(8,9)25)14-16-26(18(2)3,19(4)5)20(6)7/h11-12,17-20,25H,10H2,1-9H3. The van der Waals surface area contributed by atoms with Crippen LogP contribution in [0.1, 0.15) is 79.0 Å². The van der Waals surface area contributed by atoms with Crippen LogP contribution in [-0.2, 0) is 6.42 Å². The Bertz CT molecular complexity index is 706. The lowest BCUT2D eigenvalue weighted by atomic mass is 10.0. The maximum atomic E-state index is 9.84. The predicted molar refractivity (Wildman–Crippen MR) is 117 cm³/mol. The maximum absolute atomic E-state index is 9.84. The van der Waals surface area contributed by atoms with Crippen molar-refractivity contribution in [3.8, 4) is 23.3 Å². The molecule has 0 heterocycles. The molecule has 0 aliphatic heterocycles. The minimum atomic E-state index is -1.71. The topological polar surface area (TPSA) is 20.2 Å². The average molecular weight is 369 g/mol. The molecule has 0 fully saturated rings. The van der Waals surface area contributed by atoms with Gasteiger partial charge in [0.2, 0.25) is 0 Å². The summed E-state index contributed by atoms with van der Waals surface area (Å²) >= 11 is 0. The summed E-state index contributed by atoms with van der Waals surface area (Å²) in [5.41, 5.74) is 7.98. The molecular formula is C24H36OSi. The molecule has 0 unspecified atom stereocenters. The zero-order valence-corrected chi connectivity index (χ0v) is 19.1. The van der Waals surface area contributed by atoms with Gasteiger partial charge >= 0.3 is 0 Å². The van der Waals surface area contributed by atoms with E-state index in [1.165, 1.54) is 5.56 Å². The molecule has 142 valence electrons. The summed E-state index contributed by atoms with van der Waals surface area (Å²) in [6.45, 7) is 19.6. The molecule has 0 bridgehead atoms. The Labute approximate surface area is 162 Å². The summed E-state index contributed by atoms with van der Waals surface area (Å²) in [6.07, 6.45) is 0.909. The molecule has 0 amide bonds. The van der Waals surface area contributed by atoms with Crippen LogP contribution in [0.15, 0.2) is 18.2 Å². The molecule has 1 aromatic rings. The molecule has 1 rings (SSSR count). The molecular weight excluding hydrogens is 332 g/mol. The SMILES string of the molecule is CCc1cc(C#C[Si](C(C)C)(C(C)C)C(C)C)ccc1C#CC(C)(C)O. The second-order valence-corrected chi connectivity index (χ2v) is 14.3. The van der Waals surface area contributed by atoms with E-state index in [1.54, 1.807) is 13.8 Å². The zero-order chi connectivity index (χ0) is 20.1. The second kappa shape index (κ2) is 8.94. The molecule has 0 radical (unpaired) electrons. The molecule has 2 heteroatoms. The Balaban J connectivity index is 3.35. The third-order valence-electron chi connectivity index (χ3n) is 5.28. The van der Waals surface area contributed by atoms with Gasteiger partial charge in [-0.3, -0.25) is 0 Å². The Morgan fingerprint density at radius 1 is 0.962 bits per heavy atom. The fourth-order valence-electron chi connectivity index (χ4n) is 3.92. The van der Waals surface area contributed by atoms with Crippen LogP contribution in [0.3, 0.4) is 0 Å². The van der Waals surface area contributed by atoms with Crippen molar-refractivity contribution in [2.45, 2.75) is 91.0 Å². The molecule has 1 nitrogen and oxygen atoms in total. The van der Waals surface area contributed by atoms with Crippen molar-refractivity contribution in [2.24, 2.45) is 0 Å². The fourth-order valence-corrected chi connectivity index (χ4v) is 9.15. The second-order valence-electron chi connectivity index (χ2n) is 8.68. The van der Waals surface area contributed by atoms with Gasteiger partial charge in [0.25, 0.3) is 0 Å². The quantitative estimate of drug-likeness (QED) is 0.515. The zero-order valence-electron chi connectivity index (χ0n) is 18.1. The van der Waals surface area contributed by atoms with Gasteiger partial charge in [-0.2, -0.15) is 0 Å². The summed E-state index contributed by atoms with van der Waals surface area (Å²) in [6, 6.07) is 6.28. The maximum Gasteiger partial charge on any atom is 0.146 e. The van der Waals surface area contributed by atoms with E-state index in [0.717, 1.165) is 17.5 Å². The summed E-state index contributed by atoms with van der Waals surface area (Å²) in [5, 5.41) is 9.84. The van der Waals surface area contributed by atoms with Gasteiger partial charge < -0.3 is 5.11 Å². The van der Waals surface area contributed by atoms with E-state index in [2.05, 4.69) is 83.9 Å². The number of aliphatic hydroxyl groups is 1. The summed E-state index contributed by atoms with van der Waals surface area (Å²) < 4.78 is 0. The van der Waals surface area contributed by atoms with Gasteiger partial charge in [0.15, 0.2) is 0 Å². The minimum absolute atomic E-state index is 0.637. The Morgan fingerprint density at radius 3 is 1.92 bits per heavy atom. The van der Waals surface area contributed by atoms with E-state index in [1.807, 2.05) is 6.07 Å². The first-order valence-electron chi connectivity index (χ1n) is 9.85. The first-order chi connectivity index (χ1) is 11.9. The lowest BCUT2D eigenvalue weighted by molar-refractivity contribution is 0.143. The monoisotopic (exact) mass is 368 g/mol. The van der Waals surface area contributed by atoms with E-state index in [9.17, 15) is 5.11 Å². The van der Waals surface area contributed by atoms with Crippen LogP contribution in [0.5, 0.6) is 0 Å². The predicted octanol–water partition coefficient (Wildman–Crippen LogP) is 5.94. The van der Waals surface area contributed by atoms with Crippen molar-refractivity contribution in [1.82, 2.24) is 0 Å². The van der Waals surface area contributed by atoms with Crippen LogP contribution in [0.25, 0.3) is 0 Å². The molecule has 0 aromatic heterocycles. The molecule has 0 spiro atoms. The molecule has 0 aliphatic carbocycles. The third kappa shape index (κ3) is 5.50. The van der Waals surface area contributed by atoms with Crippen LogP contribution in [-0.4, -0.2) is 18.8 Å². The number of rotatable bonds is 4. The molecule has 0 saturated heterocycles. The molecule has 1 N–H and O–H groups in total. The Kier molecular flexibility index (Phi) is 7.76. The highest BCUT2D eigenvalue weighted by Gasteiger charge is 2.41. The van der Waals surface area contributed by atoms with Crippen LogP contribution < -0.4 is 0 Å². The third-order valence-corrected chi connectivity index (χ3v) is 11.6. The van der Waals surface area contributed by atoms with Crippen molar-refractivity contribution >= 4 is 8.07 Å². The Morgan fingerprint density at radius 2 is 1.50 bits per heavy atom. The number of benzene rings is 1. The number of hydrogen-bond donors (Lipinski definition) is 1. The van der Waals surface area contributed by atoms with Crippen LogP contribution >= 0.6 is 0 Å². The average Bonchev–Trinajstić information content (AvgIpc) is 2.52. The van der Waals surface area contributed by atoms with Gasteiger partial charge in [0.05, 0.1) is 0 Å². The fraction of sp³-hybridized carbons (Fsp3) is 0.583. The van der Waals surface area contributed by atoms with E-state index in [0.29, 0.717) is 16.6 Å². The summed E-state index contributed by atoms with van der Waals surface area (Å²) in [5.74, 6) is 9.55. The molecule has 0 saturated carbocycles. The van der Waals surface area contributed by atoms with Gasteiger partial charge in [0, 0.05) is 11.1 Å². The smallest absolute Gasteiger partial charge is 0.146 e. The summed E-state index contributed by atoms with van der Waals surface area (Å²) in [4.78, 5) is 0. The number of aryl methyl sites for hydroxylation is 1. The number of hydrogen-bond acceptors (Lipinski definition) is 1. The van der Waals surface area contributed by atoms with Gasteiger partial charge in [-0.15, -0.1) is 5.54 Å². The first-order valence-corrected chi connectivity index (χ1v) is 12.1. The Hall–Kier alpha value is -1.48. The highest BCUT2D eigenvalue weighted by atomic mass is 28.3. The molecule has 1 aromatic carbocycles. The molecule has 0 atom stereocenters. The van der Waals surface area contributed by atoms with Crippen LogP contribution in [0.4, 0.5) is 0 Å². The largest absolute Gasteiger partial charge is 0.378 e. The van der Waals surface area contributed by atoms with E-state index in [4.69, 9.17) is 0 Å². The van der Waals surface area contributed by atoms with Crippen molar-refractivity contribution in [2.75, 3.05) is 0 Å². The van der Waals surface area contributed by atoms with Gasteiger partial charge in [-0.25, -0.2) is 0 Å². The highest BCUT2D eigenvalue weighted by molar-refractivity contribution is 6.90. The highest BCUT2D eigenvalue weighted by Crippen LogP contribution is 2.40.